The summed E-state index contributed by atoms with van der Waals surface area (Å²) >= 11 is 1.23. The highest BCUT2D eigenvalue weighted by molar-refractivity contribution is 7.15. The highest BCUT2D eigenvalue weighted by Gasteiger charge is 2.47. The summed E-state index contributed by atoms with van der Waals surface area (Å²) in [6, 6.07) is 15.3. The second-order valence-electron chi connectivity index (χ2n) is 7.12. The first kappa shape index (κ1) is 20.6. The van der Waals surface area contributed by atoms with Gasteiger partial charge in [-0.05, 0) is 19.4 Å². The third-order valence-electron chi connectivity index (χ3n) is 4.83. The molecule has 2 aromatic carbocycles. The van der Waals surface area contributed by atoms with Crippen molar-refractivity contribution in [1.82, 2.24) is 10.2 Å². The number of benzene rings is 2. The maximum Gasteiger partial charge on any atom is 0.308 e. The van der Waals surface area contributed by atoms with Gasteiger partial charge in [-0.3, -0.25) is 19.3 Å². The van der Waals surface area contributed by atoms with Gasteiger partial charge >= 0.3 is 5.97 Å². The lowest BCUT2D eigenvalue weighted by atomic mass is 9.92. The zero-order chi connectivity index (χ0) is 22.1. The lowest BCUT2D eigenvalue weighted by Crippen LogP contribution is -2.31. The van der Waals surface area contributed by atoms with Crippen molar-refractivity contribution in [1.29, 1.82) is 0 Å². The van der Waals surface area contributed by atoms with E-state index >= 15 is 0 Å². The van der Waals surface area contributed by atoms with E-state index in [0.717, 1.165) is 5.56 Å². The number of ether oxygens (including phenoxy) is 1. The van der Waals surface area contributed by atoms with Gasteiger partial charge in [-0.1, -0.05) is 71.5 Å². The third kappa shape index (κ3) is 3.89. The molecule has 1 aliphatic rings. The summed E-state index contributed by atoms with van der Waals surface area (Å²) in [6.45, 7) is 4.92. The quantitative estimate of drug-likeness (QED) is 0.447. The Bertz CT molecular complexity index is 1200. The molecular formula is C23H19N3O4S. The number of esters is 1. The van der Waals surface area contributed by atoms with Gasteiger partial charge in [0.15, 0.2) is 5.78 Å². The predicted octanol–water partition coefficient (Wildman–Crippen LogP) is 3.94. The van der Waals surface area contributed by atoms with E-state index in [4.69, 9.17) is 4.74 Å². The molecule has 0 radical (unpaired) electrons. The molecule has 0 saturated carbocycles. The molecule has 0 bridgehead atoms. The number of amides is 1. The standard InChI is InChI=1S/C23H19N3O4S/c1-13-9-11-16(12-10-13)19-18(20(28)17-7-5-4-6-8-17)21(30-15(3)27)22(29)26(19)23-25-24-14(2)31-23/h4-12,19H,1-3H3. The summed E-state index contributed by atoms with van der Waals surface area (Å²) in [5.74, 6) is -1.95. The lowest BCUT2D eigenvalue weighted by Gasteiger charge is -2.24. The van der Waals surface area contributed by atoms with Gasteiger partial charge in [-0.25, -0.2) is 0 Å². The third-order valence-corrected chi connectivity index (χ3v) is 5.67. The fourth-order valence-electron chi connectivity index (χ4n) is 3.46. The minimum absolute atomic E-state index is 0.100. The van der Waals surface area contributed by atoms with E-state index in [1.54, 1.807) is 37.3 Å². The first-order chi connectivity index (χ1) is 14.9. The topological polar surface area (TPSA) is 89.5 Å². The van der Waals surface area contributed by atoms with Crippen molar-refractivity contribution < 1.29 is 19.1 Å². The molecule has 1 unspecified atom stereocenters. The van der Waals surface area contributed by atoms with Gasteiger partial charge in [0.1, 0.15) is 5.01 Å². The number of hydrogen-bond acceptors (Lipinski definition) is 7. The molecule has 0 fully saturated rings. The largest absolute Gasteiger partial charge is 0.420 e. The van der Waals surface area contributed by atoms with Crippen LogP contribution in [0.1, 0.15) is 39.5 Å². The van der Waals surface area contributed by atoms with E-state index < -0.39 is 17.9 Å². The number of ketones is 1. The lowest BCUT2D eigenvalue weighted by molar-refractivity contribution is -0.139. The number of carbonyl (C=O) groups excluding carboxylic acids is 3. The van der Waals surface area contributed by atoms with Crippen LogP contribution >= 0.6 is 11.3 Å². The molecule has 4 rings (SSSR count). The van der Waals surface area contributed by atoms with Crippen molar-refractivity contribution in [2.24, 2.45) is 0 Å². The van der Waals surface area contributed by atoms with Crippen molar-refractivity contribution in [2.45, 2.75) is 26.8 Å². The molecule has 1 amide bonds. The maximum atomic E-state index is 13.6. The van der Waals surface area contributed by atoms with Gasteiger partial charge in [-0.15, -0.1) is 10.2 Å². The van der Waals surface area contributed by atoms with E-state index in [1.807, 2.05) is 31.2 Å². The van der Waals surface area contributed by atoms with Crippen LogP contribution in [0.3, 0.4) is 0 Å². The number of anilines is 1. The molecule has 1 atom stereocenters. The monoisotopic (exact) mass is 433 g/mol. The molecule has 0 spiro atoms. The molecule has 2 heterocycles. The average Bonchev–Trinajstić information content (AvgIpc) is 3.29. The summed E-state index contributed by atoms with van der Waals surface area (Å²) < 4.78 is 5.30. The Morgan fingerprint density at radius 2 is 1.68 bits per heavy atom. The Morgan fingerprint density at radius 3 is 2.26 bits per heavy atom. The smallest absolute Gasteiger partial charge is 0.308 e. The van der Waals surface area contributed by atoms with Crippen LogP contribution in [0.25, 0.3) is 0 Å². The van der Waals surface area contributed by atoms with E-state index in [-0.39, 0.29) is 17.1 Å². The number of hydrogen-bond donors (Lipinski definition) is 0. The molecule has 8 heteroatoms. The first-order valence-electron chi connectivity index (χ1n) is 9.59. The molecule has 7 nitrogen and oxygen atoms in total. The summed E-state index contributed by atoms with van der Waals surface area (Å²) in [4.78, 5) is 40.2. The maximum absolute atomic E-state index is 13.6. The number of aromatic nitrogens is 2. The highest BCUT2D eigenvalue weighted by atomic mass is 32.1. The minimum Gasteiger partial charge on any atom is -0.420 e. The Kier molecular flexibility index (Phi) is 5.48. The molecule has 0 saturated heterocycles. The van der Waals surface area contributed by atoms with Crippen molar-refractivity contribution in [3.63, 3.8) is 0 Å². The summed E-state index contributed by atoms with van der Waals surface area (Å²) in [7, 11) is 0. The molecule has 1 aliphatic heterocycles. The minimum atomic E-state index is -0.803. The summed E-state index contributed by atoms with van der Waals surface area (Å²) in [6.07, 6.45) is 0. The van der Waals surface area contributed by atoms with Crippen molar-refractivity contribution in [2.75, 3.05) is 4.90 Å². The molecular weight excluding hydrogens is 414 g/mol. The van der Waals surface area contributed by atoms with Gasteiger partial charge in [-0.2, -0.15) is 0 Å². The molecule has 3 aromatic rings. The van der Waals surface area contributed by atoms with Gasteiger partial charge in [0.05, 0.1) is 11.6 Å². The van der Waals surface area contributed by atoms with Crippen LogP contribution < -0.4 is 4.90 Å². The van der Waals surface area contributed by atoms with Gasteiger partial charge in [0.2, 0.25) is 10.9 Å². The fourth-order valence-corrected chi connectivity index (χ4v) is 4.17. The number of carbonyl (C=O) groups is 3. The molecule has 156 valence electrons. The second kappa shape index (κ2) is 8.23. The predicted molar refractivity (Wildman–Crippen MR) is 116 cm³/mol. The first-order valence-corrected chi connectivity index (χ1v) is 10.4. The van der Waals surface area contributed by atoms with E-state index in [0.29, 0.717) is 21.3 Å². The van der Waals surface area contributed by atoms with Crippen LogP contribution in [-0.2, 0) is 14.3 Å². The molecule has 0 N–H and O–H groups in total. The Hall–Kier alpha value is -3.65. The Labute approximate surface area is 183 Å². The van der Waals surface area contributed by atoms with E-state index in [1.165, 1.54) is 23.2 Å². The van der Waals surface area contributed by atoms with E-state index in [2.05, 4.69) is 10.2 Å². The zero-order valence-corrected chi connectivity index (χ0v) is 18.0. The van der Waals surface area contributed by atoms with Crippen molar-refractivity contribution in [3.05, 3.63) is 87.6 Å². The fraction of sp³-hybridized carbons (Fsp3) is 0.174. The second-order valence-corrected chi connectivity index (χ2v) is 8.28. The van der Waals surface area contributed by atoms with Crippen LogP contribution in [-0.4, -0.2) is 27.9 Å². The molecule has 0 aliphatic carbocycles. The van der Waals surface area contributed by atoms with Crippen LogP contribution in [0.4, 0.5) is 5.13 Å². The van der Waals surface area contributed by atoms with Crippen LogP contribution in [0.2, 0.25) is 0 Å². The summed E-state index contributed by atoms with van der Waals surface area (Å²) in [5, 5.41) is 9.13. The SMILES string of the molecule is CC(=O)OC1=C(C(=O)c2ccccc2)C(c2ccc(C)cc2)N(c2nnc(C)s2)C1=O. The number of aryl methyl sites for hydroxylation is 2. The molecule has 31 heavy (non-hydrogen) atoms. The number of rotatable bonds is 5. The highest BCUT2D eigenvalue weighted by Crippen LogP contribution is 2.43. The van der Waals surface area contributed by atoms with Crippen LogP contribution in [0.15, 0.2) is 65.9 Å². The van der Waals surface area contributed by atoms with E-state index in [9.17, 15) is 14.4 Å². The van der Waals surface area contributed by atoms with Crippen molar-refractivity contribution >= 4 is 34.1 Å². The van der Waals surface area contributed by atoms with Gasteiger partial charge < -0.3 is 4.74 Å². The van der Waals surface area contributed by atoms with Crippen LogP contribution in [0, 0.1) is 13.8 Å². The summed E-state index contributed by atoms with van der Waals surface area (Å²) in [5.41, 5.74) is 2.23. The normalized spacial score (nSPS) is 16.0. The zero-order valence-electron chi connectivity index (χ0n) is 17.2. The number of Topliss-reactive ketones (excluding diaryl/α,β-unsaturated/α-hetero) is 1. The Balaban J connectivity index is 1.94. The molecule has 1 aromatic heterocycles. The van der Waals surface area contributed by atoms with Crippen molar-refractivity contribution in [3.8, 4) is 0 Å². The van der Waals surface area contributed by atoms with Gasteiger partial charge in [0, 0.05) is 12.5 Å². The van der Waals surface area contributed by atoms with Crippen LogP contribution in [0.5, 0.6) is 0 Å². The van der Waals surface area contributed by atoms with Gasteiger partial charge in [0.25, 0.3) is 5.91 Å². The Morgan fingerprint density at radius 1 is 1.00 bits per heavy atom. The number of nitrogens with zero attached hydrogens (tertiary/aromatic N) is 3. The average molecular weight is 433 g/mol.